The van der Waals surface area contributed by atoms with E-state index in [-0.39, 0.29) is 6.54 Å². The van der Waals surface area contributed by atoms with Crippen molar-refractivity contribution >= 4 is 15.8 Å². The minimum Gasteiger partial charge on any atom is -0.497 e. The molecule has 168 valence electrons. The number of rotatable bonds is 7. The van der Waals surface area contributed by atoms with E-state index in [9.17, 15) is 30.4 Å². The van der Waals surface area contributed by atoms with Crippen LogP contribution in [0.4, 0.5) is 22.0 Å². The molecule has 2 aromatic carbocycles. The van der Waals surface area contributed by atoms with Crippen LogP contribution in [0.1, 0.15) is 36.8 Å². The minimum atomic E-state index is -5.04. The zero-order chi connectivity index (χ0) is 22.9. The van der Waals surface area contributed by atoms with Crippen molar-refractivity contribution in [3.8, 4) is 0 Å². The number of halogens is 5. The van der Waals surface area contributed by atoms with Gasteiger partial charge in [-0.2, -0.15) is 4.31 Å². The molecule has 1 fully saturated rings. The lowest BCUT2D eigenvalue weighted by molar-refractivity contribution is 0.306. The van der Waals surface area contributed by atoms with Crippen molar-refractivity contribution in [1.82, 2.24) is 4.31 Å². The van der Waals surface area contributed by atoms with Gasteiger partial charge in [0.25, 0.3) is 0 Å². The van der Waals surface area contributed by atoms with Gasteiger partial charge in [-0.1, -0.05) is 43.7 Å². The average Bonchev–Trinajstić information content (AvgIpc) is 3.28. The molecule has 1 aliphatic carbocycles. The van der Waals surface area contributed by atoms with Crippen molar-refractivity contribution in [2.45, 2.75) is 43.2 Å². The maximum atomic E-state index is 14.3. The normalized spacial score (nSPS) is 14.9. The van der Waals surface area contributed by atoms with Crippen LogP contribution in [-0.2, 0) is 21.3 Å². The quantitative estimate of drug-likeness (QED) is 0.249. The van der Waals surface area contributed by atoms with Crippen LogP contribution in [0, 0.1) is 29.1 Å². The van der Waals surface area contributed by atoms with Crippen LogP contribution in [0.15, 0.2) is 35.7 Å². The van der Waals surface area contributed by atoms with Crippen LogP contribution in [0.5, 0.6) is 0 Å². The van der Waals surface area contributed by atoms with Gasteiger partial charge in [0, 0.05) is 18.2 Å². The first-order chi connectivity index (χ1) is 14.6. The fourth-order valence-electron chi connectivity index (χ4n) is 3.62. The van der Waals surface area contributed by atoms with Gasteiger partial charge < -0.3 is 4.74 Å². The highest BCUT2D eigenvalue weighted by molar-refractivity contribution is 7.89. The lowest BCUT2D eigenvalue weighted by atomic mass is 10.1. The topological polar surface area (TPSA) is 46.6 Å². The Morgan fingerprint density at radius 1 is 0.968 bits per heavy atom. The first-order valence-corrected chi connectivity index (χ1v) is 10.9. The molecule has 0 radical (unpaired) electrons. The van der Waals surface area contributed by atoms with E-state index in [1.807, 2.05) is 0 Å². The molecule has 0 heterocycles. The maximum Gasteiger partial charge on any atom is 0.249 e. The molecule has 31 heavy (non-hydrogen) atoms. The number of ether oxygens (including phenoxy) is 1. The van der Waals surface area contributed by atoms with Crippen LogP contribution in [0.3, 0.4) is 0 Å². The van der Waals surface area contributed by atoms with E-state index in [0.717, 1.165) is 4.31 Å². The Kier molecular flexibility index (Phi) is 6.70. The minimum absolute atomic E-state index is 0.299. The Morgan fingerprint density at radius 3 is 1.94 bits per heavy atom. The van der Waals surface area contributed by atoms with Crippen molar-refractivity contribution in [1.29, 1.82) is 0 Å². The summed E-state index contributed by atoms with van der Waals surface area (Å²) in [7, 11) is -3.60. The van der Waals surface area contributed by atoms with Gasteiger partial charge in [0.2, 0.25) is 15.8 Å². The molecule has 3 rings (SSSR count). The summed E-state index contributed by atoms with van der Waals surface area (Å²) in [5.74, 6) is -11.4. The van der Waals surface area contributed by atoms with Crippen molar-refractivity contribution in [2.24, 2.45) is 0 Å². The number of hydrogen-bond acceptors (Lipinski definition) is 3. The van der Waals surface area contributed by atoms with Gasteiger partial charge in [0.15, 0.2) is 28.2 Å². The van der Waals surface area contributed by atoms with Crippen molar-refractivity contribution in [2.75, 3.05) is 7.11 Å². The summed E-state index contributed by atoms with van der Waals surface area (Å²) in [6.07, 6.45) is 2.18. The third kappa shape index (κ3) is 4.31. The molecule has 0 saturated heterocycles. The third-order valence-electron chi connectivity index (χ3n) is 5.33. The Balaban J connectivity index is 2.06. The lowest BCUT2D eigenvalue weighted by Gasteiger charge is -2.28. The van der Waals surface area contributed by atoms with E-state index in [1.54, 1.807) is 24.3 Å². The van der Waals surface area contributed by atoms with E-state index in [0.29, 0.717) is 42.6 Å². The number of nitrogens with zero attached hydrogens (tertiary/aromatic N) is 1. The molecule has 0 amide bonds. The Hall–Kier alpha value is -2.46. The van der Waals surface area contributed by atoms with E-state index in [2.05, 4.69) is 6.58 Å². The van der Waals surface area contributed by atoms with Crippen molar-refractivity contribution in [3.63, 3.8) is 0 Å². The largest absolute Gasteiger partial charge is 0.497 e. The van der Waals surface area contributed by atoms with Gasteiger partial charge in [0.1, 0.15) is 5.76 Å². The molecule has 0 bridgehead atoms. The number of benzene rings is 2. The van der Waals surface area contributed by atoms with Crippen LogP contribution < -0.4 is 0 Å². The predicted molar refractivity (Wildman–Crippen MR) is 104 cm³/mol. The van der Waals surface area contributed by atoms with Gasteiger partial charge in [-0.15, -0.1) is 0 Å². The molecule has 0 spiro atoms. The molecule has 2 aromatic rings. The van der Waals surface area contributed by atoms with Gasteiger partial charge in [-0.3, -0.25) is 0 Å². The summed E-state index contributed by atoms with van der Waals surface area (Å²) in [6.45, 7) is 3.41. The summed E-state index contributed by atoms with van der Waals surface area (Å²) >= 11 is 0. The van der Waals surface area contributed by atoms with E-state index < -0.39 is 50.0 Å². The van der Waals surface area contributed by atoms with Crippen molar-refractivity contribution < 1.29 is 35.1 Å². The van der Waals surface area contributed by atoms with Crippen LogP contribution >= 0.6 is 0 Å². The molecule has 0 N–H and O–H groups in total. The first kappa shape index (κ1) is 23.2. The monoisotopic (exact) mass is 461 g/mol. The smallest absolute Gasteiger partial charge is 0.249 e. The number of methoxy groups -OCH3 is 1. The Labute approximate surface area is 177 Å². The fourth-order valence-corrected chi connectivity index (χ4v) is 5.41. The highest BCUT2D eigenvalue weighted by Crippen LogP contribution is 2.34. The highest BCUT2D eigenvalue weighted by atomic mass is 32.2. The highest BCUT2D eigenvalue weighted by Gasteiger charge is 2.40. The Bertz CT molecular complexity index is 1070. The van der Waals surface area contributed by atoms with Gasteiger partial charge >= 0.3 is 0 Å². The SMILES string of the molecule is C=C(OC)c1ccc(CN(C2CCCC2)S(=O)(=O)c2c(F)c(F)c(F)c(F)c2F)cc1. The molecule has 0 aromatic heterocycles. The van der Waals surface area contributed by atoms with E-state index in [1.165, 1.54) is 7.11 Å². The van der Waals surface area contributed by atoms with E-state index >= 15 is 0 Å². The molecule has 0 atom stereocenters. The second-order valence-corrected chi connectivity index (χ2v) is 9.04. The summed E-state index contributed by atoms with van der Waals surface area (Å²) in [4.78, 5) is -1.83. The zero-order valence-corrected chi connectivity index (χ0v) is 17.4. The second kappa shape index (κ2) is 8.96. The molecular weight excluding hydrogens is 441 g/mol. The van der Waals surface area contributed by atoms with Crippen LogP contribution in [-0.4, -0.2) is 25.9 Å². The first-order valence-electron chi connectivity index (χ1n) is 9.45. The van der Waals surface area contributed by atoms with Gasteiger partial charge in [-0.25, -0.2) is 30.4 Å². The molecular formula is C21H20F5NO3S. The summed E-state index contributed by atoms with van der Waals surface area (Å²) in [5, 5.41) is 0. The van der Waals surface area contributed by atoms with Crippen LogP contribution in [0.25, 0.3) is 5.76 Å². The average molecular weight is 461 g/mol. The molecule has 1 aliphatic rings. The number of hydrogen-bond donors (Lipinski definition) is 0. The second-order valence-electron chi connectivity index (χ2n) is 7.21. The molecule has 10 heteroatoms. The summed E-state index contributed by atoms with van der Waals surface area (Å²) in [6, 6.07) is 5.77. The standard InChI is InChI=1S/C21H20F5NO3S/c1-12(30-2)14-9-7-13(8-10-14)11-27(15-5-3-4-6-15)31(28,29)21-19(25)17(23)16(22)18(24)20(21)26/h7-10,15H,1,3-6,11H2,2H3. The molecule has 0 aliphatic heterocycles. The molecule has 0 unspecified atom stereocenters. The maximum absolute atomic E-state index is 14.3. The number of sulfonamides is 1. The third-order valence-corrected chi connectivity index (χ3v) is 7.25. The summed E-state index contributed by atoms with van der Waals surface area (Å²) in [5.41, 5.74) is 1.10. The van der Waals surface area contributed by atoms with E-state index in [4.69, 9.17) is 4.74 Å². The van der Waals surface area contributed by atoms with Crippen LogP contribution in [0.2, 0.25) is 0 Å². The molecule has 1 saturated carbocycles. The molecule has 4 nitrogen and oxygen atoms in total. The van der Waals surface area contributed by atoms with Crippen molar-refractivity contribution in [3.05, 3.63) is 71.1 Å². The lowest BCUT2D eigenvalue weighted by Crippen LogP contribution is -2.39. The zero-order valence-electron chi connectivity index (χ0n) is 16.6. The van der Waals surface area contributed by atoms with Gasteiger partial charge in [-0.05, 0) is 18.4 Å². The Morgan fingerprint density at radius 2 is 1.45 bits per heavy atom. The predicted octanol–water partition coefficient (Wildman–Crippen LogP) is 5.13. The van der Waals surface area contributed by atoms with Gasteiger partial charge in [0.05, 0.1) is 7.11 Å². The fraction of sp³-hybridized carbons (Fsp3) is 0.333. The summed E-state index contributed by atoms with van der Waals surface area (Å²) < 4.78 is 102.